The molecular weight excluding hydrogens is 387 g/mol. The van der Waals surface area contributed by atoms with Crippen LogP contribution in [0.15, 0.2) is 41.5 Å². The number of hydrogen-bond donors (Lipinski definition) is 1. The standard InChI is InChI=1S/C21H23FN6O2/c1-13(2)28-12-14(3-6-17(28)29)19-18(22)20(23)26-21(25-19)16-5-4-15(11-24-16)27-7-9-30-10-8-27/h3-6,11-13H,7-10H2,1-2H3,(H2,23,25,26). The van der Waals surface area contributed by atoms with E-state index in [2.05, 4.69) is 19.9 Å². The Kier molecular flexibility index (Phi) is 5.45. The van der Waals surface area contributed by atoms with Crippen molar-refractivity contribution in [3.63, 3.8) is 0 Å². The molecule has 0 aliphatic carbocycles. The van der Waals surface area contributed by atoms with Gasteiger partial charge in [0.15, 0.2) is 17.5 Å². The van der Waals surface area contributed by atoms with Crippen molar-refractivity contribution in [2.75, 3.05) is 36.9 Å². The van der Waals surface area contributed by atoms with Crippen LogP contribution in [0.5, 0.6) is 0 Å². The minimum absolute atomic E-state index is 0.0333. The molecule has 1 aliphatic rings. The first-order valence-corrected chi connectivity index (χ1v) is 9.78. The summed E-state index contributed by atoms with van der Waals surface area (Å²) in [5.41, 5.74) is 7.59. The molecule has 3 aromatic rings. The van der Waals surface area contributed by atoms with E-state index in [9.17, 15) is 9.18 Å². The molecule has 3 aromatic heterocycles. The molecule has 0 bridgehead atoms. The largest absolute Gasteiger partial charge is 0.381 e. The van der Waals surface area contributed by atoms with Crippen molar-refractivity contribution in [2.24, 2.45) is 0 Å². The number of nitrogens with two attached hydrogens (primary N) is 1. The Labute approximate surface area is 173 Å². The molecule has 1 saturated heterocycles. The first-order chi connectivity index (χ1) is 14.4. The highest BCUT2D eigenvalue weighted by atomic mass is 19.1. The third-order valence-electron chi connectivity index (χ3n) is 5.00. The van der Waals surface area contributed by atoms with Crippen molar-refractivity contribution >= 4 is 11.5 Å². The van der Waals surface area contributed by atoms with E-state index in [1.165, 1.54) is 16.7 Å². The fourth-order valence-electron chi connectivity index (χ4n) is 3.34. The van der Waals surface area contributed by atoms with Crippen molar-refractivity contribution in [1.29, 1.82) is 0 Å². The van der Waals surface area contributed by atoms with Crippen LogP contribution in [-0.4, -0.2) is 45.8 Å². The fraction of sp³-hybridized carbons (Fsp3) is 0.333. The number of nitrogen functional groups attached to an aromatic ring is 1. The van der Waals surface area contributed by atoms with Gasteiger partial charge < -0.3 is 19.9 Å². The highest BCUT2D eigenvalue weighted by Gasteiger charge is 2.18. The second kappa shape index (κ2) is 8.19. The molecule has 156 valence electrons. The summed E-state index contributed by atoms with van der Waals surface area (Å²) in [5, 5.41) is 0. The van der Waals surface area contributed by atoms with Gasteiger partial charge in [-0.1, -0.05) is 0 Å². The van der Waals surface area contributed by atoms with Gasteiger partial charge in [-0.2, -0.15) is 0 Å². The lowest BCUT2D eigenvalue weighted by atomic mass is 10.1. The molecule has 0 spiro atoms. The summed E-state index contributed by atoms with van der Waals surface area (Å²) in [4.78, 5) is 27.1. The van der Waals surface area contributed by atoms with E-state index in [0.717, 1.165) is 18.8 Å². The molecule has 9 heteroatoms. The van der Waals surface area contributed by atoms with Crippen molar-refractivity contribution in [1.82, 2.24) is 19.5 Å². The van der Waals surface area contributed by atoms with Crippen LogP contribution in [-0.2, 0) is 4.74 Å². The van der Waals surface area contributed by atoms with Gasteiger partial charge in [0.25, 0.3) is 5.56 Å². The van der Waals surface area contributed by atoms with E-state index in [4.69, 9.17) is 10.5 Å². The van der Waals surface area contributed by atoms with E-state index in [-0.39, 0.29) is 28.9 Å². The first kappa shape index (κ1) is 20.0. The van der Waals surface area contributed by atoms with Crippen LogP contribution in [0.4, 0.5) is 15.9 Å². The quantitative estimate of drug-likeness (QED) is 0.705. The number of hydrogen-bond acceptors (Lipinski definition) is 7. The van der Waals surface area contributed by atoms with Gasteiger partial charge in [-0.3, -0.25) is 9.78 Å². The molecule has 30 heavy (non-hydrogen) atoms. The summed E-state index contributed by atoms with van der Waals surface area (Å²) in [6.45, 7) is 6.72. The molecule has 4 heterocycles. The highest BCUT2D eigenvalue weighted by Crippen LogP contribution is 2.27. The molecule has 0 atom stereocenters. The van der Waals surface area contributed by atoms with Gasteiger partial charge >= 0.3 is 0 Å². The van der Waals surface area contributed by atoms with Crippen LogP contribution in [0.2, 0.25) is 0 Å². The Morgan fingerprint density at radius 2 is 1.90 bits per heavy atom. The van der Waals surface area contributed by atoms with Gasteiger partial charge in [0.05, 0.1) is 25.1 Å². The molecule has 0 unspecified atom stereocenters. The maximum atomic E-state index is 14.7. The van der Waals surface area contributed by atoms with Gasteiger partial charge in [-0.05, 0) is 32.0 Å². The Morgan fingerprint density at radius 3 is 2.57 bits per heavy atom. The SMILES string of the molecule is CC(C)n1cc(-c2nc(-c3ccc(N4CCOCC4)cn3)nc(N)c2F)ccc1=O. The molecule has 0 aromatic carbocycles. The first-order valence-electron chi connectivity index (χ1n) is 9.78. The monoisotopic (exact) mass is 410 g/mol. The second-order valence-corrected chi connectivity index (χ2v) is 7.35. The average Bonchev–Trinajstić information content (AvgIpc) is 2.76. The minimum atomic E-state index is -0.724. The lowest BCUT2D eigenvalue weighted by molar-refractivity contribution is 0.122. The predicted octanol–water partition coefficient (Wildman–Crippen LogP) is 2.51. The zero-order chi connectivity index (χ0) is 21.3. The van der Waals surface area contributed by atoms with Gasteiger partial charge in [-0.15, -0.1) is 0 Å². The molecule has 1 aliphatic heterocycles. The number of pyridine rings is 2. The lowest BCUT2D eigenvalue weighted by Crippen LogP contribution is -2.36. The average molecular weight is 410 g/mol. The summed E-state index contributed by atoms with van der Waals surface area (Å²) < 4.78 is 21.6. The molecule has 0 amide bonds. The van der Waals surface area contributed by atoms with Crippen LogP contribution < -0.4 is 16.2 Å². The van der Waals surface area contributed by atoms with Crippen molar-refractivity contribution in [3.8, 4) is 22.8 Å². The number of ether oxygens (including phenoxy) is 1. The second-order valence-electron chi connectivity index (χ2n) is 7.35. The fourth-order valence-corrected chi connectivity index (χ4v) is 3.34. The van der Waals surface area contributed by atoms with Crippen LogP contribution in [0, 0.1) is 5.82 Å². The van der Waals surface area contributed by atoms with Crippen molar-refractivity contribution in [3.05, 3.63) is 52.8 Å². The van der Waals surface area contributed by atoms with E-state index in [1.54, 1.807) is 18.5 Å². The molecule has 0 radical (unpaired) electrons. The lowest BCUT2D eigenvalue weighted by Gasteiger charge is -2.28. The van der Waals surface area contributed by atoms with Crippen LogP contribution >= 0.6 is 0 Å². The van der Waals surface area contributed by atoms with Crippen molar-refractivity contribution in [2.45, 2.75) is 19.9 Å². The summed E-state index contributed by atoms with van der Waals surface area (Å²) >= 11 is 0. The molecular formula is C21H23FN6O2. The Balaban J connectivity index is 1.72. The summed E-state index contributed by atoms with van der Waals surface area (Å²) in [6, 6.07) is 6.56. The van der Waals surface area contributed by atoms with Crippen LogP contribution in [0.25, 0.3) is 22.8 Å². The van der Waals surface area contributed by atoms with Gasteiger partial charge in [0, 0.05) is 37.0 Å². The zero-order valence-corrected chi connectivity index (χ0v) is 16.9. The summed E-state index contributed by atoms with van der Waals surface area (Å²) in [5.74, 6) is -0.770. The smallest absolute Gasteiger partial charge is 0.250 e. The highest BCUT2D eigenvalue weighted by molar-refractivity contribution is 5.66. The van der Waals surface area contributed by atoms with E-state index in [1.807, 2.05) is 19.9 Å². The van der Waals surface area contributed by atoms with Crippen LogP contribution in [0.3, 0.4) is 0 Å². The molecule has 8 nitrogen and oxygen atoms in total. The van der Waals surface area contributed by atoms with Gasteiger partial charge in [0.2, 0.25) is 0 Å². The Bertz CT molecular complexity index is 1110. The number of rotatable bonds is 4. The van der Waals surface area contributed by atoms with Gasteiger partial charge in [0.1, 0.15) is 11.4 Å². The molecule has 2 N–H and O–H groups in total. The van der Waals surface area contributed by atoms with E-state index in [0.29, 0.717) is 24.5 Å². The van der Waals surface area contributed by atoms with Gasteiger partial charge in [-0.25, -0.2) is 14.4 Å². The van der Waals surface area contributed by atoms with Crippen LogP contribution in [0.1, 0.15) is 19.9 Å². The normalized spacial score (nSPS) is 14.3. The van der Waals surface area contributed by atoms with E-state index < -0.39 is 5.82 Å². The zero-order valence-electron chi connectivity index (χ0n) is 16.9. The molecule has 1 fully saturated rings. The third kappa shape index (κ3) is 3.88. The maximum Gasteiger partial charge on any atom is 0.250 e. The molecule has 0 saturated carbocycles. The van der Waals surface area contributed by atoms with Crippen molar-refractivity contribution < 1.29 is 9.13 Å². The topological polar surface area (TPSA) is 99.2 Å². The number of halogens is 1. The number of morpholine rings is 1. The summed E-state index contributed by atoms with van der Waals surface area (Å²) in [7, 11) is 0. The maximum absolute atomic E-state index is 14.7. The third-order valence-corrected chi connectivity index (χ3v) is 5.00. The summed E-state index contributed by atoms with van der Waals surface area (Å²) in [6.07, 6.45) is 3.32. The predicted molar refractivity (Wildman–Crippen MR) is 113 cm³/mol. The Morgan fingerprint density at radius 1 is 1.13 bits per heavy atom. The minimum Gasteiger partial charge on any atom is -0.381 e. The Hall–Kier alpha value is -3.33. The van der Waals surface area contributed by atoms with E-state index >= 15 is 0 Å². The number of nitrogens with zero attached hydrogens (tertiary/aromatic N) is 5. The molecule has 4 rings (SSSR count). The number of aromatic nitrogens is 4. The number of anilines is 2.